The van der Waals surface area contributed by atoms with Crippen LogP contribution in [0.1, 0.15) is 24.8 Å². The Morgan fingerprint density at radius 3 is 2.71 bits per heavy atom. The van der Waals surface area contributed by atoms with Gasteiger partial charge in [-0.1, -0.05) is 30.3 Å². The van der Waals surface area contributed by atoms with Crippen LogP contribution in [0.2, 0.25) is 0 Å². The minimum atomic E-state index is -3.32. The third kappa shape index (κ3) is 3.27. The molecule has 2 saturated heterocycles. The number of rotatable bonds is 3. The molecule has 21 heavy (non-hydrogen) atoms. The molecule has 0 bridgehead atoms. The zero-order valence-corrected chi connectivity index (χ0v) is 12.7. The van der Waals surface area contributed by atoms with E-state index in [2.05, 4.69) is 5.32 Å². The molecule has 0 radical (unpaired) electrons. The van der Waals surface area contributed by atoms with Crippen LogP contribution in [0.5, 0.6) is 0 Å². The van der Waals surface area contributed by atoms with Crippen LogP contribution < -0.4 is 5.32 Å². The molecule has 2 heterocycles. The van der Waals surface area contributed by atoms with Crippen LogP contribution in [0.3, 0.4) is 0 Å². The SMILES string of the molecule is O=C1CCC[C@@H]2CN(S(=O)(=O)Cc3ccccc3)C[C@@H]2N1. The largest absolute Gasteiger partial charge is 0.352 e. The summed E-state index contributed by atoms with van der Waals surface area (Å²) in [6.45, 7) is 0.936. The van der Waals surface area contributed by atoms with Crippen LogP contribution in [0.15, 0.2) is 30.3 Å². The first kappa shape index (κ1) is 14.5. The molecule has 5 nitrogen and oxygen atoms in total. The molecule has 114 valence electrons. The first-order chi connectivity index (χ1) is 10.0. The van der Waals surface area contributed by atoms with E-state index in [0.29, 0.717) is 19.5 Å². The van der Waals surface area contributed by atoms with E-state index in [0.717, 1.165) is 18.4 Å². The quantitative estimate of drug-likeness (QED) is 0.910. The van der Waals surface area contributed by atoms with Crippen molar-refractivity contribution in [3.63, 3.8) is 0 Å². The van der Waals surface area contributed by atoms with Gasteiger partial charge in [-0.15, -0.1) is 0 Å². The molecule has 0 unspecified atom stereocenters. The van der Waals surface area contributed by atoms with Crippen LogP contribution in [0.25, 0.3) is 0 Å². The Balaban J connectivity index is 1.71. The first-order valence-electron chi connectivity index (χ1n) is 7.36. The van der Waals surface area contributed by atoms with Crippen molar-refractivity contribution in [3.05, 3.63) is 35.9 Å². The highest BCUT2D eigenvalue weighted by atomic mass is 32.2. The molecular weight excluding hydrogens is 288 g/mol. The summed E-state index contributed by atoms with van der Waals surface area (Å²) in [7, 11) is -3.32. The highest BCUT2D eigenvalue weighted by Crippen LogP contribution is 2.28. The van der Waals surface area contributed by atoms with Crippen molar-refractivity contribution in [3.8, 4) is 0 Å². The van der Waals surface area contributed by atoms with E-state index < -0.39 is 10.0 Å². The smallest absolute Gasteiger partial charge is 0.220 e. The van der Waals surface area contributed by atoms with Gasteiger partial charge in [0.2, 0.25) is 15.9 Å². The Morgan fingerprint density at radius 2 is 1.95 bits per heavy atom. The molecule has 6 heteroatoms. The summed E-state index contributed by atoms with van der Waals surface area (Å²) in [5.74, 6) is 0.327. The summed E-state index contributed by atoms with van der Waals surface area (Å²) in [5.41, 5.74) is 0.800. The van der Waals surface area contributed by atoms with Gasteiger partial charge in [0.25, 0.3) is 0 Å². The summed E-state index contributed by atoms with van der Waals surface area (Å²) < 4.78 is 26.6. The molecule has 2 atom stereocenters. The predicted molar refractivity (Wildman–Crippen MR) is 79.9 cm³/mol. The summed E-state index contributed by atoms with van der Waals surface area (Å²) in [4.78, 5) is 11.6. The second kappa shape index (κ2) is 5.77. The molecule has 2 aliphatic heterocycles. The second-order valence-electron chi connectivity index (χ2n) is 5.89. The average molecular weight is 308 g/mol. The Hall–Kier alpha value is -1.40. The summed E-state index contributed by atoms with van der Waals surface area (Å²) in [6, 6.07) is 9.20. The van der Waals surface area contributed by atoms with Crippen LogP contribution in [-0.4, -0.2) is 37.8 Å². The van der Waals surface area contributed by atoms with E-state index in [1.807, 2.05) is 30.3 Å². The lowest BCUT2D eigenvalue weighted by molar-refractivity contribution is -0.121. The van der Waals surface area contributed by atoms with E-state index in [9.17, 15) is 13.2 Å². The fraction of sp³-hybridized carbons (Fsp3) is 0.533. The van der Waals surface area contributed by atoms with Gasteiger partial charge >= 0.3 is 0 Å². The molecule has 0 aliphatic carbocycles. The predicted octanol–water partition coefficient (Wildman–Crippen LogP) is 1.12. The lowest BCUT2D eigenvalue weighted by Crippen LogP contribution is -2.39. The lowest BCUT2D eigenvalue weighted by atomic mass is 9.99. The zero-order chi connectivity index (χ0) is 14.9. The molecule has 0 spiro atoms. The van der Waals surface area contributed by atoms with Gasteiger partial charge < -0.3 is 5.32 Å². The number of benzene rings is 1. The van der Waals surface area contributed by atoms with Crippen molar-refractivity contribution in [1.29, 1.82) is 0 Å². The van der Waals surface area contributed by atoms with Crippen LogP contribution >= 0.6 is 0 Å². The maximum Gasteiger partial charge on any atom is 0.220 e. The molecule has 0 aromatic heterocycles. The first-order valence-corrected chi connectivity index (χ1v) is 8.96. The molecule has 2 fully saturated rings. The Bertz CT molecular complexity index is 615. The van der Waals surface area contributed by atoms with Gasteiger partial charge in [0.1, 0.15) is 0 Å². The molecule has 1 aromatic rings. The van der Waals surface area contributed by atoms with Crippen LogP contribution in [-0.2, 0) is 20.6 Å². The minimum Gasteiger partial charge on any atom is -0.352 e. The molecule has 1 aromatic carbocycles. The Morgan fingerprint density at radius 1 is 1.19 bits per heavy atom. The van der Waals surface area contributed by atoms with Crippen molar-refractivity contribution in [2.24, 2.45) is 5.92 Å². The number of carbonyl (C=O) groups is 1. The molecule has 0 saturated carbocycles. The summed E-state index contributed by atoms with van der Waals surface area (Å²) in [5, 5.41) is 2.96. The number of amides is 1. The number of sulfonamides is 1. The molecule has 1 amide bonds. The number of hydrogen-bond acceptors (Lipinski definition) is 3. The highest BCUT2D eigenvalue weighted by Gasteiger charge is 2.40. The van der Waals surface area contributed by atoms with E-state index in [-0.39, 0.29) is 23.6 Å². The van der Waals surface area contributed by atoms with Crippen LogP contribution in [0, 0.1) is 5.92 Å². The number of hydrogen-bond donors (Lipinski definition) is 1. The second-order valence-corrected chi connectivity index (χ2v) is 7.85. The van der Waals surface area contributed by atoms with Gasteiger partial charge in [-0.3, -0.25) is 4.79 Å². The van der Waals surface area contributed by atoms with Gasteiger partial charge in [0.15, 0.2) is 0 Å². The fourth-order valence-corrected chi connectivity index (χ4v) is 4.80. The van der Waals surface area contributed by atoms with Crippen molar-refractivity contribution in [2.45, 2.75) is 31.1 Å². The van der Waals surface area contributed by atoms with Gasteiger partial charge in [0.05, 0.1) is 5.75 Å². The van der Waals surface area contributed by atoms with Gasteiger partial charge in [0, 0.05) is 25.6 Å². The molecular formula is C15H20N2O3S. The average Bonchev–Trinajstić information content (AvgIpc) is 2.75. The van der Waals surface area contributed by atoms with E-state index >= 15 is 0 Å². The molecule has 3 rings (SSSR count). The van der Waals surface area contributed by atoms with Crippen molar-refractivity contribution < 1.29 is 13.2 Å². The van der Waals surface area contributed by atoms with E-state index in [1.54, 1.807) is 4.31 Å². The Labute approximate surface area is 125 Å². The number of nitrogens with zero attached hydrogens (tertiary/aromatic N) is 1. The number of nitrogens with one attached hydrogen (secondary N) is 1. The summed E-state index contributed by atoms with van der Waals surface area (Å²) >= 11 is 0. The van der Waals surface area contributed by atoms with E-state index in [4.69, 9.17) is 0 Å². The Kier molecular flexibility index (Phi) is 3.99. The van der Waals surface area contributed by atoms with Gasteiger partial charge in [-0.25, -0.2) is 8.42 Å². The highest BCUT2D eigenvalue weighted by molar-refractivity contribution is 7.88. The maximum absolute atomic E-state index is 12.5. The zero-order valence-electron chi connectivity index (χ0n) is 11.9. The number of fused-ring (bicyclic) bond motifs is 1. The van der Waals surface area contributed by atoms with Crippen molar-refractivity contribution >= 4 is 15.9 Å². The molecule has 2 aliphatic rings. The van der Waals surface area contributed by atoms with Crippen molar-refractivity contribution in [1.82, 2.24) is 9.62 Å². The monoisotopic (exact) mass is 308 g/mol. The normalized spacial score (nSPS) is 27.0. The third-order valence-electron chi connectivity index (χ3n) is 4.32. The topological polar surface area (TPSA) is 66.5 Å². The summed E-state index contributed by atoms with van der Waals surface area (Å²) in [6.07, 6.45) is 2.32. The van der Waals surface area contributed by atoms with Crippen LogP contribution in [0.4, 0.5) is 0 Å². The molecule has 1 N–H and O–H groups in total. The third-order valence-corrected chi connectivity index (χ3v) is 6.10. The number of carbonyl (C=O) groups excluding carboxylic acids is 1. The van der Waals surface area contributed by atoms with E-state index in [1.165, 1.54) is 0 Å². The minimum absolute atomic E-state index is 0.0226. The van der Waals surface area contributed by atoms with Gasteiger partial charge in [-0.05, 0) is 24.3 Å². The lowest BCUT2D eigenvalue weighted by Gasteiger charge is -2.17. The maximum atomic E-state index is 12.5. The van der Waals surface area contributed by atoms with Gasteiger partial charge in [-0.2, -0.15) is 4.31 Å². The van der Waals surface area contributed by atoms with Crippen molar-refractivity contribution in [2.75, 3.05) is 13.1 Å². The standard InChI is InChI=1S/C15H20N2O3S/c18-15-8-4-7-13-9-17(10-14(13)16-15)21(19,20)11-12-5-2-1-3-6-12/h1-3,5-6,13-14H,4,7-11H2,(H,16,18)/t13-,14+/m1/s1. The fourth-order valence-electron chi connectivity index (χ4n) is 3.19.